The summed E-state index contributed by atoms with van der Waals surface area (Å²) < 4.78 is 12.9. The average molecular weight is 460 g/mol. The molecule has 0 bridgehead atoms. The number of aryl methyl sites for hydroxylation is 2. The highest BCUT2D eigenvalue weighted by Crippen LogP contribution is 2.32. The Hall–Kier alpha value is -3.78. The third kappa shape index (κ3) is 4.05. The Balaban J connectivity index is 1.53. The van der Waals surface area contributed by atoms with Gasteiger partial charge in [0.05, 0.1) is 18.4 Å². The van der Waals surface area contributed by atoms with Crippen LogP contribution in [-0.2, 0) is 12.3 Å². The highest BCUT2D eigenvalue weighted by molar-refractivity contribution is 7.98. The number of fused-ring (bicyclic) bond motifs is 1. The van der Waals surface area contributed by atoms with E-state index in [1.54, 1.807) is 25.3 Å². The Morgan fingerprint density at radius 1 is 1.06 bits per heavy atom. The number of rotatable bonds is 6. The predicted octanol–water partition coefficient (Wildman–Crippen LogP) is 5.31. The van der Waals surface area contributed by atoms with E-state index in [4.69, 9.17) is 8.83 Å². The van der Waals surface area contributed by atoms with E-state index in [1.807, 2.05) is 31.2 Å². The molecule has 0 spiro atoms. The van der Waals surface area contributed by atoms with Gasteiger partial charge in [0.2, 0.25) is 0 Å². The second-order valence-electron chi connectivity index (χ2n) is 7.73. The normalized spacial score (nSPS) is 11.3. The average Bonchev–Trinajstić information content (AvgIpc) is 3.41. The summed E-state index contributed by atoms with van der Waals surface area (Å²) in [5, 5.41) is 20.4. The first kappa shape index (κ1) is 21.1. The molecule has 2 aromatic carbocycles. The van der Waals surface area contributed by atoms with Gasteiger partial charge in [-0.2, -0.15) is 0 Å². The van der Waals surface area contributed by atoms with Crippen LogP contribution < -0.4 is 5.63 Å². The highest BCUT2D eigenvalue weighted by Gasteiger charge is 2.19. The zero-order chi connectivity index (χ0) is 22.9. The minimum absolute atomic E-state index is 0.0955. The number of phenolic OH excluding ortho intramolecular Hbond substituents is 1. The molecule has 0 amide bonds. The van der Waals surface area contributed by atoms with E-state index in [2.05, 4.69) is 26.9 Å². The Kier molecular flexibility index (Phi) is 5.51. The van der Waals surface area contributed by atoms with Crippen LogP contribution in [0.15, 0.2) is 79.6 Å². The van der Waals surface area contributed by atoms with Crippen molar-refractivity contribution < 1.29 is 13.9 Å². The number of thioether (sulfide) groups is 1. The molecule has 0 fully saturated rings. The second-order valence-corrected chi connectivity index (χ2v) is 8.68. The lowest BCUT2D eigenvalue weighted by molar-refractivity contribution is 0.468. The van der Waals surface area contributed by atoms with Gasteiger partial charge in [-0.1, -0.05) is 42.1 Å². The molecule has 8 heteroatoms. The quantitative estimate of drug-likeness (QED) is 0.272. The molecule has 0 aliphatic heterocycles. The van der Waals surface area contributed by atoms with Crippen LogP contribution in [0, 0.1) is 13.8 Å². The molecule has 1 N–H and O–H groups in total. The fourth-order valence-corrected chi connectivity index (χ4v) is 4.73. The van der Waals surface area contributed by atoms with Gasteiger partial charge >= 0.3 is 5.63 Å². The minimum Gasteiger partial charge on any atom is -0.508 e. The molecule has 0 radical (unpaired) electrons. The van der Waals surface area contributed by atoms with E-state index in [1.165, 1.54) is 17.8 Å². The summed E-state index contributed by atoms with van der Waals surface area (Å²) in [4.78, 5) is 12.2. The van der Waals surface area contributed by atoms with Crippen LogP contribution in [0.3, 0.4) is 0 Å². The third-order valence-corrected chi connectivity index (χ3v) is 6.59. The van der Waals surface area contributed by atoms with Gasteiger partial charge in [-0.15, -0.1) is 10.2 Å². The van der Waals surface area contributed by atoms with Gasteiger partial charge in [-0.3, -0.25) is 4.57 Å². The summed E-state index contributed by atoms with van der Waals surface area (Å²) in [5.41, 5.74) is 3.32. The van der Waals surface area contributed by atoms with E-state index in [0.717, 1.165) is 38.8 Å². The maximum Gasteiger partial charge on any atom is 0.336 e. The SMILES string of the molecule is Cc1occc1-c1nnc(SCc2cc(=O)oc3c(C)c(O)ccc23)n1Cc1ccccc1. The van der Waals surface area contributed by atoms with Crippen molar-refractivity contribution in [2.45, 2.75) is 31.3 Å². The fourth-order valence-electron chi connectivity index (χ4n) is 3.80. The van der Waals surface area contributed by atoms with Crippen molar-refractivity contribution in [3.63, 3.8) is 0 Å². The third-order valence-electron chi connectivity index (χ3n) is 5.57. The van der Waals surface area contributed by atoms with E-state index in [0.29, 0.717) is 23.4 Å². The molecule has 5 rings (SSSR count). The number of aromatic hydroxyl groups is 1. The van der Waals surface area contributed by atoms with Crippen LogP contribution in [-0.4, -0.2) is 19.9 Å². The molecule has 0 aliphatic carbocycles. The fraction of sp³-hybridized carbons (Fsp3) is 0.160. The van der Waals surface area contributed by atoms with E-state index in [-0.39, 0.29) is 5.75 Å². The van der Waals surface area contributed by atoms with Crippen molar-refractivity contribution in [2.75, 3.05) is 0 Å². The minimum atomic E-state index is -0.452. The van der Waals surface area contributed by atoms with E-state index >= 15 is 0 Å². The topological polar surface area (TPSA) is 94.3 Å². The van der Waals surface area contributed by atoms with Crippen molar-refractivity contribution in [2.24, 2.45) is 0 Å². The van der Waals surface area contributed by atoms with Crippen LogP contribution in [0.1, 0.15) is 22.5 Å². The molecule has 0 saturated heterocycles. The smallest absolute Gasteiger partial charge is 0.336 e. The van der Waals surface area contributed by atoms with Gasteiger partial charge in [0.15, 0.2) is 11.0 Å². The van der Waals surface area contributed by atoms with E-state index < -0.39 is 5.63 Å². The Morgan fingerprint density at radius 3 is 2.64 bits per heavy atom. The molecule has 0 saturated carbocycles. The number of furan rings is 1. The first-order valence-corrected chi connectivity index (χ1v) is 11.4. The number of benzene rings is 2. The molecule has 3 heterocycles. The molecule has 3 aromatic heterocycles. The van der Waals surface area contributed by atoms with Crippen molar-refractivity contribution >= 4 is 22.7 Å². The van der Waals surface area contributed by atoms with Gasteiger partial charge in [-0.25, -0.2) is 4.79 Å². The molecule has 0 atom stereocenters. The molecule has 33 heavy (non-hydrogen) atoms. The van der Waals surface area contributed by atoms with Crippen LogP contribution in [0.25, 0.3) is 22.4 Å². The van der Waals surface area contributed by atoms with Crippen molar-refractivity contribution in [1.29, 1.82) is 0 Å². The van der Waals surface area contributed by atoms with Crippen molar-refractivity contribution in [3.8, 4) is 17.1 Å². The molecule has 0 aliphatic rings. The van der Waals surface area contributed by atoms with Gasteiger partial charge < -0.3 is 13.9 Å². The van der Waals surface area contributed by atoms with Crippen molar-refractivity contribution in [1.82, 2.24) is 14.8 Å². The summed E-state index contributed by atoms with van der Waals surface area (Å²) in [7, 11) is 0. The molecule has 166 valence electrons. The standard InChI is InChI=1S/C25H21N3O4S/c1-15-21(29)9-8-20-18(12-22(30)32-23(15)20)14-33-25-27-26-24(19-10-11-31-16(19)2)28(25)13-17-6-4-3-5-7-17/h3-12,29H,13-14H2,1-2H3. The Morgan fingerprint density at radius 2 is 1.88 bits per heavy atom. The van der Waals surface area contributed by atoms with Gasteiger partial charge in [0.1, 0.15) is 17.1 Å². The molecule has 5 aromatic rings. The van der Waals surface area contributed by atoms with Gasteiger partial charge in [0, 0.05) is 22.8 Å². The first-order valence-electron chi connectivity index (χ1n) is 10.4. The van der Waals surface area contributed by atoms with Gasteiger partial charge in [0.25, 0.3) is 0 Å². The molecular formula is C25H21N3O4S. The zero-order valence-corrected chi connectivity index (χ0v) is 18.9. The summed E-state index contributed by atoms with van der Waals surface area (Å²) in [5.74, 6) is 2.09. The zero-order valence-electron chi connectivity index (χ0n) is 18.1. The number of nitrogens with zero attached hydrogens (tertiary/aromatic N) is 3. The molecule has 7 nitrogen and oxygen atoms in total. The Bertz CT molecular complexity index is 1500. The summed E-state index contributed by atoms with van der Waals surface area (Å²) in [6.07, 6.45) is 1.64. The lowest BCUT2D eigenvalue weighted by Gasteiger charge is -2.11. The molecule has 0 unspecified atom stereocenters. The lowest BCUT2D eigenvalue weighted by atomic mass is 10.1. The summed E-state index contributed by atoms with van der Waals surface area (Å²) in [6.45, 7) is 4.23. The highest BCUT2D eigenvalue weighted by atomic mass is 32.2. The largest absolute Gasteiger partial charge is 0.508 e. The Labute approximate surface area is 193 Å². The van der Waals surface area contributed by atoms with Crippen molar-refractivity contribution in [3.05, 3.63) is 93.7 Å². The maximum atomic E-state index is 12.2. The summed E-state index contributed by atoms with van der Waals surface area (Å²) >= 11 is 1.49. The monoisotopic (exact) mass is 459 g/mol. The number of hydrogen-bond donors (Lipinski definition) is 1. The molecular weight excluding hydrogens is 438 g/mol. The second kappa shape index (κ2) is 8.63. The van der Waals surface area contributed by atoms with Crippen LogP contribution in [0.2, 0.25) is 0 Å². The van der Waals surface area contributed by atoms with Crippen LogP contribution in [0.5, 0.6) is 5.75 Å². The predicted molar refractivity (Wildman–Crippen MR) is 126 cm³/mol. The first-order chi connectivity index (χ1) is 16.0. The lowest BCUT2D eigenvalue weighted by Crippen LogP contribution is -2.05. The summed E-state index contributed by atoms with van der Waals surface area (Å²) in [6, 6.07) is 16.9. The number of aromatic nitrogens is 3. The van der Waals surface area contributed by atoms with Crippen LogP contribution >= 0.6 is 11.8 Å². The number of phenols is 1. The van der Waals surface area contributed by atoms with E-state index in [9.17, 15) is 9.90 Å². The maximum absolute atomic E-state index is 12.2. The number of hydrogen-bond acceptors (Lipinski definition) is 7. The van der Waals surface area contributed by atoms with Gasteiger partial charge in [-0.05, 0) is 43.2 Å². The van der Waals surface area contributed by atoms with Crippen LogP contribution in [0.4, 0.5) is 0 Å².